The summed E-state index contributed by atoms with van der Waals surface area (Å²) >= 11 is 3.45. The molecule has 1 fully saturated rings. The van der Waals surface area contributed by atoms with Crippen LogP contribution in [0.3, 0.4) is 0 Å². The first-order chi connectivity index (χ1) is 9.06. The van der Waals surface area contributed by atoms with Gasteiger partial charge in [0.05, 0.1) is 6.04 Å². The average molecular weight is 362 g/mol. The zero-order valence-electron chi connectivity index (χ0n) is 11.6. The molecule has 1 unspecified atom stereocenters. The Labute approximate surface area is 135 Å². The number of nitrogens with one attached hydrogen (secondary N) is 1. The van der Waals surface area contributed by atoms with E-state index in [9.17, 15) is 4.79 Å². The van der Waals surface area contributed by atoms with Crippen LogP contribution >= 0.6 is 28.3 Å². The highest BCUT2D eigenvalue weighted by Gasteiger charge is 2.26. The number of rotatable bonds is 4. The molecule has 112 valence electrons. The van der Waals surface area contributed by atoms with Crippen LogP contribution in [0.15, 0.2) is 28.7 Å². The maximum absolute atomic E-state index is 12.0. The summed E-state index contributed by atoms with van der Waals surface area (Å²) in [5.74, 6) is 0.463. The molecule has 1 amide bonds. The van der Waals surface area contributed by atoms with E-state index in [2.05, 4.69) is 21.2 Å². The van der Waals surface area contributed by atoms with Crippen molar-refractivity contribution in [3.63, 3.8) is 0 Å². The number of halogens is 2. The second-order valence-corrected chi connectivity index (χ2v) is 6.32. The van der Waals surface area contributed by atoms with Crippen LogP contribution in [-0.2, 0) is 4.79 Å². The molecule has 1 aliphatic rings. The lowest BCUT2D eigenvalue weighted by Gasteiger charge is -2.18. The van der Waals surface area contributed by atoms with Gasteiger partial charge in [-0.2, -0.15) is 0 Å². The van der Waals surface area contributed by atoms with Crippen LogP contribution in [0.1, 0.15) is 44.2 Å². The summed E-state index contributed by atoms with van der Waals surface area (Å²) in [5.41, 5.74) is 7.11. The minimum absolute atomic E-state index is 0. The van der Waals surface area contributed by atoms with Crippen molar-refractivity contribution in [2.45, 2.75) is 44.7 Å². The molecule has 3 N–H and O–H groups in total. The van der Waals surface area contributed by atoms with E-state index in [1.807, 2.05) is 31.2 Å². The molecule has 1 aromatic carbocycles. The maximum atomic E-state index is 12.0. The van der Waals surface area contributed by atoms with E-state index in [4.69, 9.17) is 5.73 Å². The topological polar surface area (TPSA) is 55.1 Å². The summed E-state index contributed by atoms with van der Waals surface area (Å²) in [6.07, 6.45) is 3.85. The van der Waals surface area contributed by atoms with Crippen molar-refractivity contribution in [3.05, 3.63) is 34.3 Å². The Kier molecular flexibility index (Phi) is 7.00. The van der Waals surface area contributed by atoms with Gasteiger partial charge in [-0.05, 0) is 43.4 Å². The van der Waals surface area contributed by atoms with Crippen molar-refractivity contribution in [2.24, 2.45) is 11.7 Å². The van der Waals surface area contributed by atoms with Crippen molar-refractivity contribution < 1.29 is 4.79 Å². The van der Waals surface area contributed by atoms with Crippen LogP contribution in [0.4, 0.5) is 0 Å². The van der Waals surface area contributed by atoms with Crippen LogP contribution in [0, 0.1) is 5.92 Å². The van der Waals surface area contributed by atoms with Gasteiger partial charge in [-0.3, -0.25) is 4.79 Å². The van der Waals surface area contributed by atoms with Gasteiger partial charge in [0, 0.05) is 16.9 Å². The van der Waals surface area contributed by atoms with E-state index in [-0.39, 0.29) is 30.4 Å². The monoisotopic (exact) mass is 360 g/mol. The Morgan fingerprint density at radius 1 is 1.50 bits per heavy atom. The highest BCUT2D eigenvalue weighted by atomic mass is 79.9. The zero-order valence-corrected chi connectivity index (χ0v) is 14.0. The molecule has 0 aromatic heterocycles. The highest BCUT2D eigenvalue weighted by molar-refractivity contribution is 9.10. The largest absolute Gasteiger partial charge is 0.350 e. The normalized spacial score (nSPS) is 22.9. The average Bonchev–Trinajstić information content (AvgIpc) is 2.75. The Balaban J connectivity index is 0.00000200. The van der Waals surface area contributed by atoms with Gasteiger partial charge in [0.1, 0.15) is 0 Å². The Hall–Kier alpha value is -0.580. The molecule has 0 spiro atoms. The lowest BCUT2D eigenvalue weighted by molar-refractivity contribution is -0.122. The van der Waals surface area contributed by atoms with Crippen LogP contribution < -0.4 is 11.1 Å². The van der Waals surface area contributed by atoms with Gasteiger partial charge in [0.2, 0.25) is 5.91 Å². The Morgan fingerprint density at radius 3 is 2.85 bits per heavy atom. The molecule has 1 saturated carbocycles. The van der Waals surface area contributed by atoms with Gasteiger partial charge in [-0.1, -0.05) is 34.5 Å². The van der Waals surface area contributed by atoms with Gasteiger partial charge in [0.25, 0.3) is 0 Å². The van der Waals surface area contributed by atoms with Crippen LogP contribution in [0.25, 0.3) is 0 Å². The number of nitrogens with two attached hydrogens (primary N) is 1. The molecule has 0 bridgehead atoms. The second-order valence-electron chi connectivity index (χ2n) is 5.40. The summed E-state index contributed by atoms with van der Waals surface area (Å²) in [4.78, 5) is 12.0. The molecule has 3 atom stereocenters. The Morgan fingerprint density at radius 2 is 2.25 bits per heavy atom. The predicted molar refractivity (Wildman–Crippen MR) is 87.9 cm³/mol. The minimum Gasteiger partial charge on any atom is -0.350 e. The molecule has 0 radical (unpaired) electrons. The van der Waals surface area contributed by atoms with Gasteiger partial charge in [-0.15, -0.1) is 12.4 Å². The van der Waals surface area contributed by atoms with E-state index in [1.54, 1.807) is 0 Å². The van der Waals surface area contributed by atoms with Crippen LogP contribution in [0.5, 0.6) is 0 Å². The quantitative estimate of drug-likeness (QED) is 0.861. The van der Waals surface area contributed by atoms with Crippen LogP contribution in [-0.4, -0.2) is 11.9 Å². The molecule has 0 aliphatic heterocycles. The van der Waals surface area contributed by atoms with Crippen molar-refractivity contribution in [1.29, 1.82) is 0 Å². The number of hydrogen-bond acceptors (Lipinski definition) is 2. The molecular formula is C15H22BrClN2O. The molecule has 1 aromatic rings. The summed E-state index contributed by atoms with van der Waals surface area (Å²) in [6.45, 7) is 2.01. The molecule has 5 heteroatoms. The Bertz CT molecular complexity index is 455. The van der Waals surface area contributed by atoms with Gasteiger partial charge >= 0.3 is 0 Å². The second kappa shape index (κ2) is 8.01. The third-order valence-electron chi connectivity index (χ3n) is 3.89. The fraction of sp³-hybridized carbons (Fsp3) is 0.533. The van der Waals surface area contributed by atoms with Crippen molar-refractivity contribution in [1.82, 2.24) is 5.32 Å². The minimum atomic E-state index is 0. The van der Waals surface area contributed by atoms with Gasteiger partial charge in [0.15, 0.2) is 0 Å². The summed E-state index contributed by atoms with van der Waals surface area (Å²) < 4.78 is 1.03. The zero-order chi connectivity index (χ0) is 13.8. The summed E-state index contributed by atoms with van der Waals surface area (Å²) in [7, 11) is 0. The van der Waals surface area contributed by atoms with Gasteiger partial charge in [-0.25, -0.2) is 0 Å². The predicted octanol–water partition coefficient (Wildman–Crippen LogP) is 3.57. The van der Waals surface area contributed by atoms with Crippen LogP contribution in [0.2, 0.25) is 0 Å². The lowest BCUT2D eigenvalue weighted by Crippen LogP contribution is -2.32. The molecule has 2 rings (SSSR count). The number of hydrogen-bond donors (Lipinski definition) is 2. The van der Waals surface area contributed by atoms with E-state index in [0.29, 0.717) is 12.3 Å². The molecule has 0 saturated heterocycles. The first kappa shape index (κ1) is 17.5. The smallest absolute Gasteiger partial charge is 0.220 e. The van der Waals surface area contributed by atoms with E-state index in [0.717, 1.165) is 29.3 Å². The number of carbonyl (C=O) groups is 1. The first-order valence-electron chi connectivity index (χ1n) is 6.86. The third kappa shape index (κ3) is 4.76. The van der Waals surface area contributed by atoms with Crippen molar-refractivity contribution >= 4 is 34.2 Å². The van der Waals surface area contributed by atoms with E-state index >= 15 is 0 Å². The molecule has 0 heterocycles. The van der Waals surface area contributed by atoms with Crippen molar-refractivity contribution in [3.8, 4) is 0 Å². The SMILES string of the molecule is CC(NC(=O)C[C@@H]1CCC[C@H]1N)c1cccc(Br)c1.Cl. The number of carbonyl (C=O) groups excluding carboxylic acids is 1. The highest BCUT2D eigenvalue weighted by Crippen LogP contribution is 2.27. The third-order valence-corrected chi connectivity index (χ3v) is 4.38. The molecule has 20 heavy (non-hydrogen) atoms. The lowest BCUT2D eigenvalue weighted by atomic mass is 9.99. The summed E-state index contributed by atoms with van der Waals surface area (Å²) in [6, 6.07) is 8.25. The molecular weight excluding hydrogens is 340 g/mol. The summed E-state index contributed by atoms with van der Waals surface area (Å²) in [5, 5.41) is 3.06. The maximum Gasteiger partial charge on any atom is 0.220 e. The molecule has 1 aliphatic carbocycles. The van der Waals surface area contributed by atoms with E-state index < -0.39 is 0 Å². The molecule has 3 nitrogen and oxygen atoms in total. The van der Waals surface area contributed by atoms with E-state index in [1.165, 1.54) is 0 Å². The fourth-order valence-corrected chi connectivity index (χ4v) is 3.13. The first-order valence-corrected chi connectivity index (χ1v) is 7.66. The number of amides is 1. The van der Waals surface area contributed by atoms with Gasteiger partial charge < -0.3 is 11.1 Å². The van der Waals surface area contributed by atoms with Crippen molar-refractivity contribution in [2.75, 3.05) is 0 Å². The fourth-order valence-electron chi connectivity index (χ4n) is 2.72. The number of benzene rings is 1. The standard InChI is InChI=1S/C15H21BrN2O.ClH/c1-10(11-4-2-6-13(16)8-11)18-15(19)9-12-5-3-7-14(12)17;/h2,4,6,8,10,12,14H,3,5,7,9,17H2,1H3,(H,18,19);1H/t10?,12-,14+;/m0./s1.